The topological polar surface area (TPSA) is 53.2 Å². The molecule has 1 atom stereocenters. The number of aromatic amines is 1. The van der Waals surface area contributed by atoms with Gasteiger partial charge in [-0.05, 0) is 42.3 Å². The standard InChI is InChI=1S/C21H24N2O2S/c24-26(25,14-6-9-17-7-2-1-3-8-17)23-13-12-19(16-23)21-15-18-10-4-5-11-20(18)22-21/h1-5,7-8,10-11,15,19,22H,6,9,12-14,16H2. The van der Waals surface area contributed by atoms with Crippen LogP contribution in [0.3, 0.4) is 0 Å². The molecule has 0 saturated carbocycles. The molecule has 1 aliphatic rings. The largest absolute Gasteiger partial charge is 0.358 e. The highest BCUT2D eigenvalue weighted by atomic mass is 32.2. The summed E-state index contributed by atoms with van der Waals surface area (Å²) in [6.45, 7) is 1.20. The van der Waals surface area contributed by atoms with Crippen molar-refractivity contribution in [2.24, 2.45) is 0 Å². The Balaban J connectivity index is 1.37. The van der Waals surface area contributed by atoms with E-state index in [1.165, 1.54) is 10.9 Å². The summed E-state index contributed by atoms with van der Waals surface area (Å²) in [6, 6.07) is 20.4. The van der Waals surface area contributed by atoms with Crippen LogP contribution < -0.4 is 0 Å². The zero-order valence-corrected chi connectivity index (χ0v) is 15.6. The van der Waals surface area contributed by atoms with Crippen LogP contribution in [0.5, 0.6) is 0 Å². The number of aromatic nitrogens is 1. The van der Waals surface area contributed by atoms with E-state index in [2.05, 4.69) is 35.3 Å². The summed E-state index contributed by atoms with van der Waals surface area (Å²) in [7, 11) is -3.18. The molecule has 26 heavy (non-hydrogen) atoms. The molecular formula is C21H24N2O2S. The van der Waals surface area contributed by atoms with Crippen molar-refractivity contribution in [3.05, 3.63) is 71.9 Å². The Morgan fingerprint density at radius 1 is 1.04 bits per heavy atom. The van der Waals surface area contributed by atoms with Gasteiger partial charge in [0, 0.05) is 30.2 Å². The van der Waals surface area contributed by atoms with Crippen LogP contribution in [-0.2, 0) is 16.4 Å². The third kappa shape index (κ3) is 3.69. The third-order valence-corrected chi connectivity index (χ3v) is 7.17. The van der Waals surface area contributed by atoms with Gasteiger partial charge < -0.3 is 4.98 Å². The molecule has 1 aliphatic heterocycles. The molecule has 1 fully saturated rings. The van der Waals surface area contributed by atoms with Crippen LogP contribution in [0.4, 0.5) is 0 Å². The minimum Gasteiger partial charge on any atom is -0.358 e. The molecular weight excluding hydrogens is 344 g/mol. The second kappa shape index (κ2) is 7.25. The molecule has 0 amide bonds. The van der Waals surface area contributed by atoms with Gasteiger partial charge in [0.05, 0.1) is 5.75 Å². The molecule has 0 aliphatic carbocycles. The fourth-order valence-corrected chi connectivity index (χ4v) is 5.34. The van der Waals surface area contributed by atoms with E-state index in [0.29, 0.717) is 19.5 Å². The van der Waals surface area contributed by atoms with Gasteiger partial charge in [0.25, 0.3) is 0 Å². The lowest BCUT2D eigenvalue weighted by molar-refractivity contribution is 0.471. The molecule has 1 unspecified atom stereocenters. The number of sulfonamides is 1. The van der Waals surface area contributed by atoms with Crippen molar-refractivity contribution in [3.8, 4) is 0 Å². The van der Waals surface area contributed by atoms with Crippen molar-refractivity contribution in [1.82, 2.24) is 9.29 Å². The quantitative estimate of drug-likeness (QED) is 0.717. The highest BCUT2D eigenvalue weighted by Crippen LogP contribution is 2.30. The van der Waals surface area contributed by atoms with E-state index in [1.54, 1.807) is 4.31 Å². The molecule has 136 valence electrons. The van der Waals surface area contributed by atoms with Crippen LogP contribution in [0, 0.1) is 0 Å². The van der Waals surface area contributed by atoms with E-state index >= 15 is 0 Å². The van der Waals surface area contributed by atoms with Gasteiger partial charge >= 0.3 is 0 Å². The molecule has 4 rings (SSSR count). The lowest BCUT2D eigenvalue weighted by Gasteiger charge is -2.16. The average molecular weight is 369 g/mol. The number of rotatable bonds is 6. The number of aryl methyl sites for hydroxylation is 1. The van der Waals surface area contributed by atoms with E-state index in [1.807, 2.05) is 30.3 Å². The van der Waals surface area contributed by atoms with Crippen molar-refractivity contribution >= 4 is 20.9 Å². The normalized spacial score (nSPS) is 18.5. The lowest BCUT2D eigenvalue weighted by Crippen LogP contribution is -2.31. The predicted octanol–water partition coefficient (Wildman–Crippen LogP) is 3.92. The Bertz CT molecular complexity index is 946. The molecule has 0 bridgehead atoms. The molecule has 4 nitrogen and oxygen atoms in total. The van der Waals surface area contributed by atoms with Crippen LogP contribution in [0.1, 0.15) is 30.0 Å². The maximum absolute atomic E-state index is 12.7. The Morgan fingerprint density at radius 3 is 2.62 bits per heavy atom. The molecule has 1 aromatic heterocycles. The average Bonchev–Trinajstić information content (AvgIpc) is 3.30. The van der Waals surface area contributed by atoms with Gasteiger partial charge in [0.1, 0.15) is 0 Å². The number of hydrogen-bond donors (Lipinski definition) is 1. The van der Waals surface area contributed by atoms with Crippen LogP contribution in [-0.4, -0.2) is 36.5 Å². The van der Waals surface area contributed by atoms with Gasteiger partial charge in [-0.25, -0.2) is 12.7 Å². The maximum Gasteiger partial charge on any atom is 0.214 e. The van der Waals surface area contributed by atoms with Crippen molar-refractivity contribution in [2.45, 2.75) is 25.2 Å². The number of para-hydroxylation sites is 1. The first-order valence-corrected chi connectivity index (χ1v) is 10.8. The summed E-state index contributed by atoms with van der Waals surface area (Å²) in [5.74, 6) is 0.479. The van der Waals surface area contributed by atoms with Crippen LogP contribution in [0.15, 0.2) is 60.7 Å². The number of fused-ring (bicyclic) bond motifs is 1. The maximum atomic E-state index is 12.7. The summed E-state index contributed by atoms with van der Waals surface area (Å²) < 4.78 is 27.1. The van der Waals surface area contributed by atoms with Gasteiger partial charge in [-0.15, -0.1) is 0 Å². The van der Waals surface area contributed by atoms with E-state index in [4.69, 9.17) is 0 Å². The summed E-state index contributed by atoms with van der Waals surface area (Å²) >= 11 is 0. The molecule has 0 radical (unpaired) electrons. The van der Waals surface area contributed by atoms with E-state index in [0.717, 1.165) is 24.1 Å². The second-order valence-corrected chi connectivity index (χ2v) is 9.15. The number of hydrogen-bond acceptors (Lipinski definition) is 2. The Labute approximate surface area is 154 Å². The van der Waals surface area contributed by atoms with E-state index in [9.17, 15) is 8.42 Å². The molecule has 2 aromatic carbocycles. The number of benzene rings is 2. The SMILES string of the molecule is O=S(=O)(CCCc1ccccc1)N1CCC(c2cc3ccccc3[nH]2)C1. The van der Waals surface area contributed by atoms with E-state index < -0.39 is 10.0 Å². The first kappa shape index (κ1) is 17.3. The fourth-order valence-electron chi connectivity index (χ4n) is 3.78. The van der Waals surface area contributed by atoms with E-state index in [-0.39, 0.29) is 11.7 Å². The highest BCUT2D eigenvalue weighted by molar-refractivity contribution is 7.89. The molecule has 0 spiro atoms. The lowest BCUT2D eigenvalue weighted by atomic mass is 10.1. The van der Waals surface area contributed by atoms with Crippen molar-refractivity contribution < 1.29 is 8.42 Å². The number of nitrogens with zero attached hydrogens (tertiary/aromatic N) is 1. The minimum atomic E-state index is -3.18. The summed E-state index contributed by atoms with van der Waals surface area (Å²) in [4.78, 5) is 3.45. The van der Waals surface area contributed by atoms with Gasteiger partial charge in [0.2, 0.25) is 10.0 Å². The van der Waals surface area contributed by atoms with Gasteiger partial charge in [-0.2, -0.15) is 0 Å². The zero-order chi connectivity index (χ0) is 18.0. The second-order valence-electron chi connectivity index (χ2n) is 7.06. The minimum absolute atomic E-state index is 0.224. The number of H-pyrrole nitrogens is 1. The monoisotopic (exact) mass is 368 g/mol. The molecule has 3 aromatic rings. The third-order valence-electron chi connectivity index (χ3n) is 5.25. The van der Waals surface area contributed by atoms with Crippen molar-refractivity contribution in [3.63, 3.8) is 0 Å². The number of nitrogens with one attached hydrogen (secondary N) is 1. The Kier molecular flexibility index (Phi) is 4.83. The van der Waals surface area contributed by atoms with Crippen LogP contribution in [0.25, 0.3) is 10.9 Å². The highest BCUT2D eigenvalue weighted by Gasteiger charge is 2.32. The van der Waals surface area contributed by atoms with Crippen molar-refractivity contribution in [1.29, 1.82) is 0 Å². The van der Waals surface area contributed by atoms with Gasteiger partial charge in [0.15, 0.2) is 0 Å². The fraction of sp³-hybridized carbons (Fsp3) is 0.333. The van der Waals surface area contributed by atoms with Crippen LogP contribution in [0.2, 0.25) is 0 Å². The van der Waals surface area contributed by atoms with Gasteiger partial charge in [-0.3, -0.25) is 0 Å². The van der Waals surface area contributed by atoms with Crippen LogP contribution >= 0.6 is 0 Å². The molecule has 1 N–H and O–H groups in total. The Hall–Kier alpha value is -2.11. The molecule has 5 heteroatoms. The summed E-state index contributed by atoms with van der Waals surface area (Å²) in [5, 5.41) is 1.19. The summed E-state index contributed by atoms with van der Waals surface area (Å²) in [5.41, 5.74) is 3.46. The summed E-state index contributed by atoms with van der Waals surface area (Å²) in [6.07, 6.45) is 2.35. The first-order valence-electron chi connectivity index (χ1n) is 9.21. The first-order chi connectivity index (χ1) is 12.6. The zero-order valence-electron chi connectivity index (χ0n) is 14.8. The Morgan fingerprint density at radius 2 is 1.81 bits per heavy atom. The molecule has 2 heterocycles. The smallest absolute Gasteiger partial charge is 0.214 e. The predicted molar refractivity (Wildman–Crippen MR) is 106 cm³/mol. The van der Waals surface area contributed by atoms with Crippen molar-refractivity contribution in [2.75, 3.05) is 18.8 Å². The van der Waals surface area contributed by atoms with Gasteiger partial charge in [-0.1, -0.05) is 48.5 Å². The molecule has 1 saturated heterocycles.